The first-order valence-corrected chi connectivity index (χ1v) is 6.50. The van der Waals surface area contributed by atoms with Crippen molar-refractivity contribution in [2.75, 3.05) is 13.1 Å². The third-order valence-electron chi connectivity index (χ3n) is 3.47. The van der Waals surface area contributed by atoms with Gasteiger partial charge in [-0.2, -0.15) is 5.10 Å². The fraction of sp³-hybridized carbons (Fsp3) is 0.750. The zero-order valence-corrected chi connectivity index (χ0v) is 11.2. The Morgan fingerprint density at radius 1 is 1.47 bits per heavy atom. The van der Waals surface area contributed by atoms with E-state index < -0.39 is 5.60 Å². The largest absolute Gasteiger partial charge is 0.390 e. The van der Waals surface area contributed by atoms with Crippen molar-refractivity contribution in [3.63, 3.8) is 0 Å². The highest BCUT2D eigenvalue weighted by atomic mass is 35.5. The lowest BCUT2D eigenvalue weighted by Gasteiger charge is -2.21. The summed E-state index contributed by atoms with van der Waals surface area (Å²) in [6.07, 6.45) is 2.71. The van der Waals surface area contributed by atoms with E-state index in [4.69, 9.17) is 11.6 Å². The molecule has 1 aliphatic rings. The van der Waals surface area contributed by atoms with E-state index in [1.165, 1.54) is 0 Å². The third-order valence-corrected chi connectivity index (χ3v) is 3.97. The van der Waals surface area contributed by atoms with Crippen LogP contribution in [-0.2, 0) is 6.54 Å². The van der Waals surface area contributed by atoms with Crippen molar-refractivity contribution < 1.29 is 5.11 Å². The Bertz CT molecular complexity index is 389. The third kappa shape index (κ3) is 3.21. The lowest BCUT2D eigenvalue weighted by molar-refractivity contribution is 0.0444. The molecule has 17 heavy (non-hydrogen) atoms. The average Bonchev–Trinajstić information content (AvgIpc) is 2.48. The number of hydrogen-bond donors (Lipinski definition) is 2. The first-order valence-electron chi connectivity index (χ1n) is 6.12. The summed E-state index contributed by atoms with van der Waals surface area (Å²) in [5.41, 5.74) is 1.31. The molecule has 4 nitrogen and oxygen atoms in total. The zero-order valence-electron chi connectivity index (χ0n) is 10.5. The van der Waals surface area contributed by atoms with Crippen molar-refractivity contribution in [1.29, 1.82) is 0 Å². The Kier molecular flexibility index (Phi) is 3.76. The molecule has 1 saturated heterocycles. The van der Waals surface area contributed by atoms with Crippen LogP contribution in [0.4, 0.5) is 0 Å². The maximum absolute atomic E-state index is 10.0. The second kappa shape index (κ2) is 4.96. The maximum Gasteiger partial charge on any atom is 0.0951 e. The molecule has 2 rings (SSSR count). The highest BCUT2D eigenvalue weighted by molar-refractivity contribution is 6.31. The molecule has 96 valence electrons. The highest BCUT2D eigenvalue weighted by Gasteiger charge is 2.25. The predicted molar refractivity (Wildman–Crippen MR) is 68.1 cm³/mol. The summed E-state index contributed by atoms with van der Waals surface area (Å²) in [6.45, 7) is 6.50. The smallest absolute Gasteiger partial charge is 0.0951 e. The van der Waals surface area contributed by atoms with Gasteiger partial charge in [0.25, 0.3) is 0 Å². The molecule has 0 amide bonds. The number of nitrogens with one attached hydrogen (secondary N) is 1. The predicted octanol–water partition coefficient (Wildman–Crippen LogP) is 2.11. The molecule has 2 N–H and O–H groups in total. The summed E-state index contributed by atoms with van der Waals surface area (Å²) < 4.78 is 0. The van der Waals surface area contributed by atoms with Crippen molar-refractivity contribution in [3.8, 4) is 0 Å². The minimum Gasteiger partial charge on any atom is -0.390 e. The molecule has 1 unspecified atom stereocenters. The topological polar surface area (TPSA) is 52.2 Å². The summed E-state index contributed by atoms with van der Waals surface area (Å²) >= 11 is 6.16. The summed E-state index contributed by atoms with van der Waals surface area (Å²) in [4.78, 5) is 2.31. The van der Waals surface area contributed by atoms with Gasteiger partial charge in [-0.3, -0.25) is 10.00 Å². The van der Waals surface area contributed by atoms with Crippen LogP contribution in [0.2, 0.25) is 5.02 Å². The molecule has 1 aliphatic heterocycles. The highest BCUT2D eigenvalue weighted by Crippen LogP contribution is 2.24. The van der Waals surface area contributed by atoms with Crippen LogP contribution in [0.5, 0.6) is 0 Å². The van der Waals surface area contributed by atoms with Crippen LogP contribution in [0.25, 0.3) is 0 Å². The van der Waals surface area contributed by atoms with E-state index in [1.54, 1.807) is 0 Å². The molecular formula is C12H20ClN3O. The molecule has 1 aromatic rings. The van der Waals surface area contributed by atoms with E-state index in [2.05, 4.69) is 15.1 Å². The van der Waals surface area contributed by atoms with Gasteiger partial charge in [0.05, 0.1) is 22.0 Å². The molecule has 0 saturated carbocycles. The molecule has 2 heterocycles. The van der Waals surface area contributed by atoms with Gasteiger partial charge in [0.2, 0.25) is 0 Å². The van der Waals surface area contributed by atoms with Crippen LogP contribution in [0.15, 0.2) is 0 Å². The average molecular weight is 258 g/mol. The summed E-state index contributed by atoms with van der Waals surface area (Å²) in [5.74, 6) is 0. The summed E-state index contributed by atoms with van der Waals surface area (Å²) in [5, 5.41) is 17.9. The quantitative estimate of drug-likeness (QED) is 0.853. The summed E-state index contributed by atoms with van der Waals surface area (Å²) in [7, 11) is 0. The van der Waals surface area contributed by atoms with Crippen molar-refractivity contribution in [1.82, 2.24) is 15.1 Å². The van der Waals surface area contributed by atoms with E-state index >= 15 is 0 Å². The zero-order chi connectivity index (χ0) is 12.5. The normalized spacial score (nSPS) is 27.1. The van der Waals surface area contributed by atoms with Crippen LogP contribution < -0.4 is 0 Å². The molecule has 0 aliphatic carbocycles. The second-order valence-electron chi connectivity index (χ2n) is 5.24. The maximum atomic E-state index is 10.0. The number of nitrogens with zero attached hydrogens (tertiary/aromatic N) is 2. The van der Waals surface area contributed by atoms with Crippen molar-refractivity contribution in [2.24, 2.45) is 0 Å². The van der Waals surface area contributed by atoms with Crippen molar-refractivity contribution >= 4 is 11.6 Å². The number of hydrogen-bond acceptors (Lipinski definition) is 3. The molecule has 1 aromatic heterocycles. The summed E-state index contributed by atoms with van der Waals surface area (Å²) in [6, 6.07) is 0. The fourth-order valence-electron chi connectivity index (χ4n) is 2.26. The van der Waals surface area contributed by atoms with Gasteiger partial charge in [-0.1, -0.05) is 11.6 Å². The number of H-pyrrole nitrogens is 1. The van der Waals surface area contributed by atoms with E-state index in [-0.39, 0.29) is 0 Å². The number of aromatic amines is 1. The Morgan fingerprint density at radius 2 is 2.24 bits per heavy atom. The Morgan fingerprint density at radius 3 is 2.88 bits per heavy atom. The number of likely N-dealkylation sites (tertiary alicyclic amines) is 1. The molecule has 1 atom stereocenters. The monoisotopic (exact) mass is 257 g/mol. The first kappa shape index (κ1) is 12.9. The molecule has 0 aromatic carbocycles. The Hall–Kier alpha value is -0.580. The standard InChI is InChI=1S/C12H20ClN3O/c1-9-11(13)10(15-14-9)8-16-6-3-4-12(2,17)5-7-16/h17H,3-8H2,1-2H3,(H,14,15). The van der Waals surface area contributed by atoms with E-state index in [0.29, 0.717) is 0 Å². The molecule has 0 spiro atoms. The molecule has 0 bridgehead atoms. The van der Waals surface area contributed by atoms with Gasteiger partial charge in [-0.05, 0) is 39.7 Å². The number of aliphatic hydroxyl groups is 1. The lowest BCUT2D eigenvalue weighted by Crippen LogP contribution is -2.28. The van der Waals surface area contributed by atoms with Gasteiger partial charge in [0.1, 0.15) is 0 Å². The van der Waals surface area contributed by atoms with Gasteiger partial charge in [0.15, 0.2) is 0 Å². The van der Waals surface area contributed by atoms with Crippen molar-refractivity contribution in [3.05, 3.63) is 16.4 Å². The molecule has 1 fully saturated rings. The van der Waals surface area contributed by atoms with Gasteiger partial charge in [-0.15, -0.1) is 0 Å². The van der Waals surface area contributed by atoms with Gasteiger partial charge >= 0.3 is 0 Å². The Balaban J connectivity index is 1.98. The molecular weight excluding hydrogens is 238 g/mol. The van der Waals surface area contributed by atoms with Crippen molar-refractivity contribution in [2.45, 2.75) is 45.3 Å². The van der Waals surface area contributed by atoms with Crippen LogP contribution in [0.3, 0.4) is 0 Å². The minimum atomic E-state index is -0.514. The van der Waals surface area contributed by atoms with Gasteiger partial charge in [0, 0.05) is 13.1 Å². The van der Waals surface area contributed by atoms with Crippen LogP contribution in [0.1, 0.15) is 37.6 Å². The molecule has 0 radical (unpaired) electrons. The fourth-order valence-corrected chi connectivity index (χ4v) is 2.40. The van der Waals surface area contributed by atoms with E-state index in [0.717, 1.165) is 55.3 Å². The van der Waals surface area contributed by atoms with E-state index in [1.807, 2.05) is 13.8 Å². The number of aryl methyl sites for hydroxylation is 1. The van der Waals surface area contributed by atoms with Gasteiger partial charge in [-0.25, -0.2) is 0 Å². The van der Waals surface area contributed by atoms with Crippen LogP contribution in [-0.4, -0.2) is 38.9 Å². The second-order valence-corrected chi connectivity index (χ2v) is 5.61. The Labute approximate surface area is 107 Å². The van der Waals surface area contributed by atoms with Crippen LogP contribution >= 0.6 is 11.6 Å². The molecule has 5 heteroatoms. The van der Waals surface area contributed by atoms with Crippen LogP contribution in [0, 0.1) is 6.92 Å². The lowest BCUT2D eigenvalue weighted by atomic mass is 9.98. The van der Waals surface area contributed by atoms with E-state index in [9.17, 15) is 5.11 Å². The SMILES string of the molecule is Cc1[nH]nc(CN2CCCC(C)(O)CC2)c1Cl. The number of halogens is 1. The minimum absolute atomic E-state index is 0.514. The first-order chi connectivity index (χ1) is 7.98. The number of rotatable bonds is 2. The van der Waals surface area contributed by atoms with Gasteiger partial charge < -0.3 is 5.11 Å². The number of aromatic nitrogens is 2.